The van der Waals surface area contributed by atoms with E-state index in [0.29, 0.717) is 0 Å². The standard InChI is InChI=1S/C8H10IN5S/c9-7-12-3-6(15-7)4-14-2-1-11-8(14)13-5-10/h3,8,11,13H,1-2,4H2. The Morgan fingerprint density at radius 2 is 2.73 bits per heavy atom. The molecule has 1 aliphatic rings. The van der Waals surface area contributed by atoms with Crippen LogP contribution in [0.1, 0.15) is 4.88 Å². The summed E-state index contributed by atoms with van der Waals surface area (Å²) in [4.78, 5) is 7.62. The van der Waals surface area contributed by atoms with Gasteiger partial charge in [-0.15, -0.1) is 11.3 Å². The van der Waals surface area contributed by atoms with Gasteiger partial charge in [-0.3, -0.25) is 15.5 Å². The molecular weight excluding hydrogens is 325 g/mol. The van der Waals surface area contributed by atoms with Crippen LogP contribution in [0.5, 0.6) is 0 Å². The highest BCUT2D eigenvalue weighted by Gasteiger charge is 2.23. The van der Waals surface area contributed by atoms with Gasteiger partial charge in [0.1, 0.15) is 6.29 Å². The van der Waals surface area contributed by atoms with Crippen LogP contribution in [0.2, 0.25) is 0 Å². The predicted molar refractivity (Wildman–Crippen MR) is 65.8 cm³/mol. The summed E-state index contributed by atoms with van der Waals surface area (Å²) in [7, 11) is 0. The minimum atomic E-state index is -0.0326. The van der Waals surface area contributed by atoms with E-state index in [9.17, 15) is 0 Å². The molecule has 15 heavy (non-hydrogen) atoms. The lowest BCUT2D eigenvalue weighted by Crippen LogP contribution is -2.44. The molecule has 0 aromatic carbocycles. The minimum Gasteiger partial charge on any atom is -0.294 e. The molecule has 2 heterocycles. The van der Waals surface area contributed by atoms with Crippen molar-refractivity contribution >= 4 is 33.9 Å². The highest BCUT2D eigenvalue weighted by atomic mass is 127. The van der Waals surface area contributed by atoms with Crippen molar-refractivity contribution in [2.24, 2.45) is 0 Å². The van der Waals surface area contributed by atoms with E-state index in [4.69, 9.17) is 5.26 Å². The van der Waals surface area contributed by atoms with Crippen LogP contribution in [0.25, 0.3) is 0 Å². The van der Waals surface area contributed by atoms with Crippen LogP contribution >= 0.6 is 33.9 Å². The summed E-state index contributed by atoms with van der Waals surface area (Å²) in [5.74, 6) is 0. The maximum absolute atomic E-state index is 8.58. The van der Waals surface area contributed by atoms with Gasteiger partial charge in [0.05, 0.1) is 0 Å². The van der Waals surface area contributed by atoms with Gasteiger partial charge in [0.25, 0.3) is 0 Å². The fourth-order valence-electron chi connectivity index (χ4n) is 1.53. The summed E-state index contributed by atoms with van der Waals surface area (Å²) in [6, 6.07) is 0. The van der Waals surface area contributed by atoms with E-state index < -0.39 is 0 Å². The Kier molecular flexibility index (Phi) is 3.74. The number of nitrogens with one attached hydrogen (secondary N) is 2. The Labute approximate surface area is 106 Å². The molecule has 2 N–H and O–H groups in total. The second-order valence-electron chi connectivity index (χ2n) is 3.16. The third kappa shape index (κ3) is 2.78. The molecule has 0 amide bonds. The monoisotopic (exact) mass is 335 g/mol. The SMILES string of the molecule is N#CNC1NCCN1Cc1cnc(I)s1. The van der Waals surface area contributed by atoms with E-state index in [1.165, 1.54) is 4.88 Å². The van der Waals surface area contributed by atoms with Crippen LogP contribution in [-0.2, 0) is 6.54 Å². The number of hydrogen-bond acceptors (Lipinski definition) is 6. The number of hydrogen-bond donors (Lipinski definition) is 2. The third-order valence-electron chi connectivity index (χ3n) is 2.19. The van der Waals surface area contributed by atoms with Gasteiger partial charge < -0.3 is 0 Å². The van der Waals surface area contributed by atoms with E-state index >= 15 is 0 Å². The van der Waals surface area contributed by atoms with Crippen molar-refractivity contribution in [3.8, 4) is 6.19 Å². The molecule has 0 radical (unpaired) electrons. The zero-order valence-electron chi connectivity index (χ0n) is 7.90. The molecule has 1 atom stereocenters. The molecule has 80 valence electrons. The highest BCUT2D eigenvalue weighted by molar-refractivity contribution is 14.1. The molecule has 7 heteroatoms. The summed E-state index contributed by atoms with van der Waals surface area (Å²) >= 11 is 3.90. The van der Waals surface area contributed by atoms with Crippen LogP contribution in [0.3, 0.4) is 0 Å². The molecule has 1 aromatic heterocycles. The molecule has 0 spiro atoms. The molecule has 1 saturated heterocycles. The maximum Gasteiger partial charge on any atom is 0.178 e. The van der Waals surface area contributed by atoms with Gasteiger partial charge in [0, 0.05) is 30.7 Å². The van der Waals surface area contributed by atoms with Gasteiger partial charge in [-0.1, -0.05) is 0 Å². The minimum absolute atomic E-state index is 0.0326. The summed E-state index contributed by atoms with van der Waals surface area (Å²) in [6.07, 6.45) is 3.83. The van der Waals surface area contributed by atoms with Gasteiger partial charge in [0.2, 0.25) is 0 Å². The zero-order chi connectivity index (χ0) is 10.7. The van der Waals surface area contributed by atoms with Gasteiger partial charge in [-0.05, 0) is 22.6 Å². The Hall–Kier alpha value is -0.430. The second kappa shape index (κ2) is 5.07. The first-order valence-corrected chi connectivity index (χ1v) is 6.41. The van der Waals surface area contributed by atoms with Gasteiger partial charge in [-0.25, -0.2) is 4.98 Å². The average molecular weight is 335 g/mol. The summed E-state index contributed by atoms with van der Waals surface area (Å²) in [5.41, 5.74) is 0. The molecule has 1 aromatic rings. The van der Waals surface area contributed by atoms with Crippen molar-refractivity contribution in [2.75, 3.05) is 13.1 Å². The lowest BCUT2D eigenvalue weighted by molar-refractivity contribution is 0.217. The van der Waals surface area contributed by atoms with E-state index in [0.717, 1.165) is 22.6 Å². The molecule has 0 saturated carbocycles. The first kappa shape index (κ1) is 11.1. The van der Waals surface area contributed by atoms with E-state index in [1.807, 2.05) is 12.4 Å². The van der Waals surface area contributed by atoms with Gasteiger partial charge >= 0.3 is 0 Å². The summed E-state index contributed by atoms with van der Waals surface area (Å²) < 4.78 is 1.06. The highest BCUT2D eigenvalue weighted by Crippen LogP contribution is 2.17. The molecule has 1 unspecified atom stereocenters. The van der Waals surface area contributed by atoms with Crippen molar-refractivity contribution in [3.05, 3.63) is 14.1 Å². The lowest BCUT2D eigenvalue weighted by atomic mass is 10.4. The number of aromatic nitrogens is 1. The molecule has 1 aliphatic heterocycles. The van der Waals surface area contributed by atoms with Crippen molar-refractivity contribution in [1.82, 2.24) is 20.5 Å². The van der Waals surface area contributed by atoms with Gasteiger partial charge in [0.15, 0.2) is 9.21 Å². The Morgan fingerprint density at radius 1 is 1.87 bits per heavy atom. The summed E-state index contributed by atoms with van der Waals surface area (Å²) in [6.45, 7) is 2.70. The summed E-state index contributed by atoms with van der Waals surface area (Å²) in [5, 5.41) is 14.5. The largest absolute Gasteiger partial charge is 0.294 e. The Balaban J connectivity index is 1.96. The van der Waals surface area contributed by atoms with Crippen LogP contribution in [0.15, 0.2) is 6.20 Å². The fourth-order valence-corrected chi connectivity index (χ4v) is 3.18. The number of rotatable bonds is 3. The topological polar surface area (TPSA) is 64.0 Å². The molecule has 5 nitrogen and oxygen atoms in total. The first-order chi connectivity index (χ1) is 7.29. The average Bonchev–Trinajstić information content (AvgIpc) is 2.78. The van der Waals surface area contributed by atoms with Gasteiger partial charge in [-0.2, -0.15) is 5.26 Å². The molecule has 2 rings (SSSR count). The van der Waals surface area contributed by atoms with Crippen molar-refractivity contribution in [3.63, 3.8) is 0 Å². The zero-order valence-corrected chi connectivity index (χ0v) is 10.9. The van der Waals surface area contributed by atoms with E-state index in [1.54, 1.807) is 11.3 Å². The quantitative estimate of drug-likeness (QED) is 0.479. The number of thiazole rings is 1. The Bertz CT molecular complexity index is 373. The molecule has 0 aliphatic carbocycles. The molecule has 1 fully saturated rings. The lowest BCUT2D eigenvalue weighted by Gasteiger charge is -2.21. The Morgan fingerprint density at radius 3 is 3.40 bits per heavy atom. The van der Waals surface area contributed by atoms with E-state index in [-0.39, 0.29) is 6.29 Å². The molecular formula is C8H10IN5S. The number of halogens is 1. The van der Waals surface area contributed by atoms with Crippen LogP contribution in [0.4, 0.5) is 0 Å². The molecule has 0 bridgehead atoms. The van der Waals surface area contributed by atoms with Crippen LogP contribution < -0.4 is 10.6 Å². The predicted octanol–water partition coefficient (Wildman–Crippen LogP) is 0.507. The number of nitrogens with zero attached hydrogens (tertiary/aromatic N) is 3. The maximum atomic E-state index is 8.58. The van der Waals surface area contributed by atoms with Crippen LogP contribution in [-0.4, -0.2) is 29.3 Å². The smallest absolute Gasteiger partial charge is 0.178 e. The third-order valence-corrected chi connectivity index (χ3v) is 3.90. The normalized spacial score (nSPS) is 21.5. The van der Waals surface area contributed by atoms with Crippen molar-refractivity contribution in [2.45, 2.75) is 12.8 Å². The van der Waals surface area contributed by atoms with Crippen molar-refractivity contribution in [1.29, 1.82) is 5.26 Å². The fraction of sp³-hybridized carbons (Fsp3) is 0.500. The second-order valence-corrected chi connectivity index (χ2v) is 6.03. The van der Waals surface area contributed by atoms with E-state index in [2.05, 4.69) is 43.1 Å². The number of nitriles is 1. The van der Waals surface area contributed by atoms with Crippen LogP contribution in [0, 0.1) is 14.5 Å². The first-order valence-electron chi connectivity index (χ1n) is 4.52. The van der Waals surface area contributed by atoms with Crippen molar-refractivity contribution < 1.29 is 0 Å².